The summed E-state index contributed by atoms with van der Waals surface area (Å²) in [6, 6.07) is 3.25. The molecule has 1 fully saturated rings. The first kappa shape index (κ1) is 12.4. The lowest BCUT2D eigenvalue weighted by atomic mass is 9.78. The molecule has 2 rings (SSSR count). The molecule has 0 amide bonds. The van der Waals surface area contributed by atoms with Crippen LogP contribution < -0.4 is 0 Å². The van der Waals surface area contributed by atoms with Crippen LogP contribution in [0.5, 0.6) is 0 Å². The van der Waals surface area contributed by atoms with E-state index in [0.29, 0.717) is 24.0 Å². The minimum Gasteiger partial charge on any atom is -0.481 e. The normalized spacial score (nSPS) is 18.3. The first-order valence-corrected chi connectivity index (χ1v) is 6.05. The Balaban J connectivity index is 2.59. The van der Waals surface area contributed by atoms with Gasteiger partial charge in [-0.3, -0.25) is 4.79 Å². The van der Waals surface area contributed by atoms with E-state index in [9.17, 15) is 14.3 Å². The average molecular weight is 257 g/mol. The maximum absolute atomic E-state index is 13.8. The molecular formula is C13H14ClFO2. The van der Waals surface area contributed by atoms with E-state index in [2.05, 4.69) is 0 Å². The van der Waals surface area contributed by atoms with Crippen molar-refractivity contribution in [3.05, 3.63) is 34.1 Å². The highest BCUT2D eigenvalue weighted by Crippen LogP contribution is 2.44. The molecule has 2 nitrogen and oxygen atoms in total. The summed E-state index contributed by atoms with van der Waals surface area (Å²) in [6.45, 7) is 1.62. The molecule has 0 atom stereocenters. The Morgan fingerprint density at radius 3 is 2.53 bits per heavy atom. The predicted molar refractivity (Wildman–Crippen MR) is 63.9 cm³/mol. The SMILES string of the molecule is Cc1ccc(C2(C(=O)O)CCCC2)c(Cl)c1F. The predicted octanol–water partition coefficient (Wildman–Crippen LogP) is 3.68. The Kier molecular flexibility index (Phi) is 3.13. The van der Waals surface area contributed by atoms with Crippen molar-refractivity contribution in [1.82, 2.24) is 0 Å². The molecule has 0 bridgehead atoms. The second-order valence-corrected chi connectivity index (χ2v) is 5.03. The summed E-state index contributed by atoms with van der Waals surface area (Å²) in [4.78, 5) is 11.5. The van der Waals surface area contributed by atoms with Crippen LogP contribution in [0.15, 0.2) is 12.1 Å². The number of rotatable bonds is 2. The molecule has 0 spiro atoms. The van der Waals surface area contributed by atoms with Crippen molar-refractivity contribution in [3.8, 4) is 0 Å². The zero-order valence-corrected chi connectivity index (χ0v) is 10.4. The molecule has 17 heavy (non-hydrogen) atoms. The number of carboxylic acid groups (broad SMARTS) is 1. The van der Waals surface area contributed by atoms with E-state index in [4.69, 9.17) is 11.6 Å². The third kappa shape index (κ3) is 1.82. The van der Waals surface area contributed by atoms with Gasteiger partial charge in [-0.2, -0.15) is 0 Å². The number of halogens is 2. The molecule has 4 heteroatoms. The molecule has 1 N–H and O–H groups in total. The van der Waals surface area contributed by atoms with Gasteiger partial charge in [-0.15, -0.1) is 0 Å². The van der Waals surface area contributed by atoms with Crippen molar-refractivity contribution in [3.63, 3.8) is 0 Å². The van der Waals surface area contributed by atoms with E-state index in [1.807, 2.05) is 0 Å². The van der Waals surface area contributed by atoms with Crippen LogP contribution in [0, 0.1) is 12.7 Å². The number of carboxylic acids is 1. The van der Waals surface area contributed by atoms with E-state index < -0.39 is 17.2 Å². The molecule has 0 saturated heterocycles. The molecule has 0 unspecified atom stereocenters. The Bertz CT molecular complexity index is 465. The second kappa shape index (κ2) is 4.30. The summed E-state index contributed by atoms with van der Waals surface area (Å²) in [5, 5.41) is 9.39. The fourth-order valence-corrected chi connectivity index (χ4v) is 2.99. The summed E-state index contributed by atoms with van der Waals surface area (Å²) in [5.41, 5.74) is -0.129. The summed E-state index contributed by atoms with van der Waals surface area (Å²) in [7, 11) is 0. The molecule has 1 aliphatic carbocycles. The lowest BCUT2D eigenvalue weighted by molar-refractivity contribution is -0.143. The van der Waals surface area contributed by atoms with E-state index in [0.717, 1.165) is 12.8 Å². The zero-order chi connectivity index (χ0) is 12.6. The van der Waals surface area contributed by atoms with Crippen molar-refractivity contribution in [2.45, 2.75) is 38.0 Å². The highest BCUT2D eigenvalue weighted by molar-refractivity contribution is 6.32. The fraction of sp³-hybridized carbons (Fsp3) is 0.462. The fourth-order valence-electron chi connectivity index (χ4n) is 2.59. The van der Waals surface area contributed by atoms with Crippen molar-refractivity contribution in [2.75, 3.05) is 0 Å². The standard InChI is InChI=1S/C13H14ClFO2/c1-8-4-5-9(10(14)11(8)15)13(12(16)17)6-2-3-7-13/h4-5H,2-3,6-7H2,1H3,(H,16,17). The molecule has 92 valence electrons. The van der Waals surface area contributed by atoms with Gasteiger partial charge in [0.25, 0.3) is 0 Å². The Hall–Kier alpha value is -1.09. The molecule has 1 aromatic rings. The van der Waals surface area contributed by atoms with E-state index in [1.165, 1.54) is 0 Å². The number of hydrogen-bond acceptors (Lipinski definition) is 1. The van der Waals surface area contributed by atoms with Gasteiger partial charge in [0.2, 0.25) is 0 Å². The number of benzene rings is 1. The van der Waals surface area contributed by atoms with Crippen LogP contribution in [-0.2, 0) is 10.2 Å². The largest absolute Gasteiger partial charge is 0.481 e. The molecule has 1 aliphatic rings. The number of aryl methyl sites for hydroxylation is 1. The Morgan fingerprint density at radius 2 is 2.00 bits per heavy atom. The maximum atomic E-state index is 13.8. The summed E-state index contributed by atoms with van der Waals surface area (Å²) < 4.78 is 13.8. The zero-order valence-electron chi connectivity index (χ0n) is 9.59. The van der Waals surface area contributed by atoms with E-state index >= 15 is 0 Å². The topological polar surface area (TPSA) is 37.3 Å². The number of hydrogen-bond donors (Lipinski definition) is 1. The van der Waals surface area contributed by atoms with Crippen LogP contribution in [0.3, 0.4) is 0 Å². The molecule has 0 heterocycles. The van der Waals surface area contributed by atoms with Crippen LogP contribution in [-0.4, -0.2) is 11.1 Å². The van der Waals surface area contributed by atoms with Crippen LogP contribution >= 0.6 is 11.6 Å². The van der Waals surface area contributed by atoms with E-state index in [1.54, 1.807) is 19.1 Å². The van der Waals surface area contributed by atoms with Crippen LogP contribution in [0.1, 0.15) is 36.8 Å². The average Bonchev–Trinajstić information content (AvgIpc) is 2.76. The number of aliphatic carboxylic acids is 1. The highest BCUT2D eigenvalue weighted by atomic mass is 35.5. The molecule has 0 aliphatic heterocycles. The van der Waals surface area contributed by atoms with Crippen molar-refractivity contribution >= 4 is 17.6 Å². The van der Waals surface area contributed by atoms with Gasteiger partial charge in [-0.1, -0.05) is 36.6 Å². The highest BCUT2D eigenvalue weighted by Gasteiger charge is 2.44. The van der Waals surface area contributed by atoms with Gasteiger partial charge in [0, 0.05) is 0 Å². The third-order valence-corrected chi connectivity index (χ3v) is 4.03. The van der Waals surface area contributed by atoms with Gasteiger partial charge < -0.3 is 5.11 Å². The van der Waals surface area contributed by atoms with Gasteiger partial charge in [-0.05, 0) is 30.9 Å². The minimum absolute atomic E-state index is 0.0331. The summed E-state index contributed by atoms with van der Waals surface area (Å²) >= 11 is 5.97. The lowest BCUT2D eigenvalue weighted by Crippen LogP contribution is -2.33. The smallest absolute Gasteiger partial charge is 0.314 e. The summed E-state index contributed by atoms with van der Waals surface area (Å²) in [5.74, 6) is -1.41. The summed E-state index contributed by atoms with van der Waals surface area (Å²) in [6.07, 6.45) is 2.76. The van der Waals surface area contributed by atoms with Gasteiger partial charge in [0.05, 0.1) is 10.4 Å². The maximum Gasteiger partial charge on any atom is 0.314 e. The minimum atomic E-state index is -0.994. The monoisotopic (exact) mass is 256 g/mol. The first-order valence-electron chi connectivity index (χ1n) is 5.67. The van der Waals surface area contributed by atoms with Crippen molar-refractivity contribution in [2.24, 2.45) is 0 Å². The van der Waals surface area contributed by atoms with Gasteiger partial charge in [0.15, 0.2) is 0 Å². The molecule has 1 saturated carbocycles. The van der Waals surface area contributed by atoms with Gasteiger partial charge in [0.1, 0.15) is 5.82 Å². The van der Waals surface area contributed by atoms with E-state index in [-0.39, 0.29) is 5.02 Å². The molecule has 0 radical (unpaired) electrons. The molecule has 1 aromatic carbocycles. The molecular weight excluding hydrogens is 243 g/mol. The third-order valence-electron chi connectivity index (χ3n) is 3.66. The second-order valence-electron chi connectivity index (χ2n) is 4.65. The Labute approximate surface area is 104 Å². The van der Waals surface area contributed by atoms with Crippen molar-refractivity contribution in [1.29, 1.82) is 0 Å². The Morgan fingerprint density at radius 1 is 1.41 bits per heavy atom. The van der Waals surface area contributed by atoms with Crippen molar-refractivity contribution < 1.29 is 14.3 Å². The lowest BCUT2D eigenvalue weighted by Gasteiger charge is -2.25. The quantitative estimate of drug-likeness (QED) is 0.876. The van der Waals surface area contributed by atoms with Crippen LogP contribution in [0.25, 0.3) is 0 Å². The first-order chi connectivity index (χ1) is 7.99. The van der Waals surface area contributed by atoms with Crippen LogP contribution in [0.4, 0.5) is 4.39 Å². The van der Waals surface area contributed by atoms with Gasteiger partial charge in [-0.25, -0.2) is 4.39 Å². The van der Waals surface area contributed by atoms with Gasteiger partial charge >= 0.3 is 5.97 Å². The number of carbonyl (C=O) groups is 1. The molecule has 0 aromatic heterocycles. The van der Waals surface area contributed by atoms with Crippen LogP contribution in [0.2, 0.25) is 5.02 Å².